The molecule has 0 atom stereocenters. The van der Waals surface area contributed by atoms with Crippen molar-refractivity contribution in [1.82, 2.24) is 9.96 Å². The van der Waals surface area contributed by atoms with E-state index in [1.54, 1.807) is 0 Å². The summed E-state index contributed by atoms with van der Waals surface area (Å²) >= 11 is 0. The van der Waals surface area contributed by atoms with E-state index in [-0.39, 0.29) is 32.5 Å². The summed E-state index contributed by atoms with van der Waals surface area (Å²) in [4.78, 5) is 40.6. The highest BCUT2D eigenvalue weighted by atomic mass is 16.7. The minimum atomic E-state index is -0.965. The second kappa shape index (κ2) is 10.2. The first-order valence-electron chi connectivity index (χ1n) is 7.42. The SMILES string of the molecule is CON(C)C(=O)CN(CCCC(=O)O)C(=O)OCc1ccccc1. The van der Waals surface area contributed by atoms with Crippen LogP contribution in [0, 0.1) is 0 Å². The van der Waals surface area contributed by atoms with Crippen LogP contribution in [-0.2, 0) is 25.8 Å². The molecule has 0 saturated carbocycles. The molecule has 0 fully saturated rings. The summed E-state index contributed by atoms with van der Waals surface area (Å²) in [5, 5.41) is 9.69. The molecule has 0 aliphatic carbocycles. The molecule has 0 aliphatic rings. The highest BCUT2D eigenvalue weighted by Crippen LogP contribution is 2.05. The zero-order valence-electron chi connectivity index (χ0n) is 13.8. The molecule has 8 nitrogen and oxygen atoms in total. The zero-order chi connectivity index (χ0) is 17.9. The van der Waals surface area contributed by atoms with Crippen LogP contribution in [0.2, 0.25) is 0 Å². The molecule has 1 aromatic carbocycles. The maximum atomic E-state index is 12.2. The Morgan fingerprint density at radius 2 is 1.83 bits per heavy atom. The number of hydrogen-bond acceptors (Lipinski definition) is 5. The lowest BCUT2D eigenvalue weighted by Gasteiger charge is -2.23. The lowest BCUT2D eigenvalue weighted by Crippen LogP contribution is -2.42. The number of nitrogens with zero attached hydrogens (tertiary/aromatic N) is 2. The third kappa shape index (κ3) is 7.10. The number of benzene rings is 1. The van der Waals surface area contributed by atoms with E-state index < -0.39 is 18.0 Å². The number of hydroxylamine groups is 2. The maximum absolute atomic E-state index is 12.2. The Bertz CT molecular complexity index is 549. The molecule has 132 valence electrons. The highest BCUT2D eigenvalue weighted by molar-refractivity contribution is 5.81. The molecule has 0 aromatic heterocycles. The predicted molar refractivity (Wildman–Crippen MR) is 84.8 cm³/mol. The molecule has 0 aliphatic heterocycles. The number of carbonyl (C=O) groups is 3. The zero-order valence-corrected chi connectivity index (χ0v) is 13.8. The molecule has 2 amide bonds. The van der Waals surface area contributed by atoms with Crippen LogP contribution < -0.4 is 0 Å². The topological polar surface area (TPSA) is 96.4 Å². The van der Waals surface area contributed by atoms with Crippen LogP contribution in [0.5, 0.6) is 0 Å². The number of aliphatic carboxylic acids is 1. The second-order valence-corrected chi connectivity index (χ2v) is 5.03. The molecule has 0 heterocycles. The van der Waals surface area contributed by atoms with Gasteiger partial charge in [0.05, 0.1) is 7.11 Å². The van der Waals surface area contributed by atoms with Crippen molar-refractivity contribution in [2.75, 3.05) is 27.2 Å². The number of carboxylic acid groups (broad SMARTS) is 1. The fourth-order valence-electron chi connectivity index (χ4n) is 1.83. The largest absolute Gasteiger partial charge is 0.481 e. The third-order valence-corrected chi connectivity index (χ3v) is 3.23. The summed E-state index contributed by atoms with van der Waals surface area (Å²) in [7, 11) is 2.76. The Morgan fingerprint density at radius 3 is 2.42 bits per heavy atom. The molecule has 0 bridgehead atoms. The number of carbonyl (C=O) groups excluding carboxylic acids is 2. The summed E-state index contributed by atoms with van der Waals surface area (Å²) in [6.07, 6.45) is -0.557. The van der Waals surface area contributed by atoms with Gasteiger partial charge in [-0.2, -0.15) is 0 Å². The van der Waals surface area contributed by atoms with Gasteiger partial charge in [-0.25, -0.2) is 9.86 Å². The Kier molecular flexibility index (Phi) is 8.28. The maximum Gasteiger partial charge on any atom is 0.410 e. The minimum Gasteiger partial charge on any atom is -0.481 e. The number of carboxylic acids is 1. The van der Waals surface area contributed by atoms with E-state index in [0.29, 0.717) is 0 Å². The van der Waals surface area contributed by atoms with Gasteiger partial charge in [0.1, 0.15) is 13.2 Å². The van der Waals surface area contributed by atoms with Gasteiger partial charge in [-0.15, -0.1) is 0 Å². The Hall–Kier alpha value is -2.61. The average Bonchev–Trinajstić information content (AvgIpc) is 2.58. The Labute approximate surface area is 140 Å². The highest BCUT2D eigenvalue weighted by Gasteiger charge is 2.21. The quantitative estimate of drug-likeness (QED) is 0.686. The van der Waals surface area contributed by atoms with Crippen LogP contribution >= 0.6 is 0 Å². The van der Waals surface area contributed by atoms with E-state index in [1.165, 1.54) is 19.1 Å². The first-order valence-corrected chi connectivity index (χ1v) is 7.42. The van der Waals surface area contributed by atoms with Crippen LogP contribution in [0.1, 0.15) is 18.4 Å². The molecule has 0 radical (unpaired) electrons. The van der Waals surface area contributed by atoms with E-state index in [1.807, 2.05) is 30.3 Å². The molecule has 24 heavy (non-hydrogen) atoms. The fourth-order valence-corrected chi connectivity index (χ4v) is 1.83. The van der Waals surface area contributed by atoms with Crippen molar-refractivity contribution < 1.29 is 29.1 Å². The van der Waals surface area contributed by atoms with E-state index in [4.69, 9.17) is 14.7 Å². The number of hydrogen-bond donors (Lipinski definition) is 1. The van der Waals surface area contributed by atoms with Gasteiger partial charge in [0, 0.05) is 20.0 Å². The van der Waals surface area contributed by atoms with Crippen molar-refractivity contribution in [2.45, 2.75) is 19.4 Å². The van der Waals surface area contributed by atoms with Crippen LogP contribution in [-0.4, -0.2) is 60.3 Å². The van der Waals surface area contributed by atoms with Crippen molar-refractivity contribution in [3.63, 3.8) is 0 Å². The van der Waals surface area contributed by atoms with Gasteiger partial charge in [-0.3, -0.25) is 19.3 Å². The Balaban J connectivity index is 2.61. The summed E-state index contributed by atoms with van der Waals surface area (Å²) in [6.45, 7) is -0.0792. The molecule has 0 saturated heterocycles. The fraction of sp³-hybridized carbons (Fsp3) is 0.438. The Morgan fingerprint density at radius 1 is 1.17 bits per heavy atom. The third-order valence-electron chi connectivity index (χ3n) is 3.23. The number of amides is 2. The molecular formula is C16H22N2O6. The average molecular weight is 338 g/mol. The standard InChI is InChI=1S/C16H22N2O6/c1-17(23-2)14(19)11-18(10-6-9-15(20)21)16(22)24-12-13-7-4-3-5-8-13/h3-5,7-8H,6,9-12H2,1-2H3,(H,20,21). The number of ether oxygens (including phenoxy) is 1. The summed E-state index contributed by atoms with van der Waals surface area (Å²) < 4.78 is 5.19. The van der Waals surface area contributed by atoms with Crippen LogP contribution in [0.25, 0.3) is 0 Å². The summed E-state index contributed by atoms with van der Waals surface area (Å²) in [5.74, 6) is -1.41. The normalized spacial score (nSPS) is 10.1. The predicted octanol–water partition coefficient (Wildman–Crippen LogP) is 1.51. The molecule has 1 rings (SSSR count). The van der Waals surface area contributed by atoms with Crippen molar-refractivity contribution in [1.29, 1.82) is 0 Å². The summed E-state index contributed by atoms with van der Waals surface area (Å²) in [5.41, 5.74) is 0.816. The monoisotopic (exact) mass is 338 g/mol. The van der Waals surface area contributed by atoms with Gasteiger partial charge in [0.15, 0.2) is 0 Å². The van der Waals surface area contributed by atoms with E-state index >= 15 is 0 Å². The second-order valence-electron chi connectivity index (χ2n) is 5.03. The molecular weight excluding hydrogens is 316 g/mol. The molecule has 1 N–H and O–H groups in total. The van der Waals surface area contributed by atoms with E-state index in [0.717, 1.165) is 10.6 Å². The van der Waals surface area contributed by atoms with Crippen LogP contribution in [0.15, 0.2) is 30.3 Å². The van der Waals surface area contributed by atoms with Gasteiger partial charge in [-0.05, 0) is 12.0 Å². The molecule has 0 spiro atoms. The van der Waals surface area contributed by atoms with Gasteiger partial charge in [-0.1, -0.05) is 30.3 Å². The molecule has 8 heteroatoms. The van der Waals surface area contributed by atoms with Crippen molar-refractivity contribution in [2.24, 2.45) is 0 Å². The van der Waals surface area contributed by atoms with Crippen molar-refractivity contribution >= 4 is 18.0 Å². The van der Waals surface area contributed by atoms with Crippen molar-refractivity contribution in [3.05, 3.63) is 35.9 Å². The van der Waals surface area contributed by atoms with E-state index in [9.17, 15) is 14.4 Å². The van der Waals surface area contributed by atoms with Gasteiger partial charge in [0.2, 0.25) is 0 Å². The molecule has 1 aromatic rings. The van der Waals surface area contributed by atoms with Gasteiger partial charge in [0.25, 0.3) is 5.91 Å². The lowest BCUT2D eigenvalue weighted by molar-refractivity contribution is -0.169. The van der Waals surface area contributed by atoms with Crippen LogP contribution in [0.3, 0.4) is 0 Å². The number of rotatable bonds is 9. The number of likely N-dealkylation sites (N-methyl/N-ethyl adjacent to an activating group) is 1. The summed E-state index contributed by atoms with van der Waals surface area (Å²) in [6, 6.07) is 9.12. The minimum absolute atomic E-state index is 0.0728. The van der Waals surface area contributed by atoms with Crippen LogP contribution in [0.4, 0.5) is 4.79 Å². The smallest absolute Gasteiger partial charge is 0.410 e. The molecule has 0 unspecified atom stereocenters. The lowest BCUT2D eigenvalue weighted by atomic mass is 10.2. The first kappa shape index (κ1) is 19.4. The first-order chi connectivity index (χ1) is 11.4. The van der Waals surface area contributed by atoms with Gasteiger partial charge < -0.3 is 9.84 Å². The van der Waals surface area contributed by atoms with Crippen molar-refractivity contribution in [3.8, 4) is 0 Å². The van der Waals surface area contributed by atoms with E-state index in [2.05, 4.69) is 0 Å². The van der Waals surface area contributed by atoms with Gasteiger partial charge >= 0.3 is 12.1 Å².